The van der Waals surface area contributed by atoms with Gasteiger partial charge in [-0.05, 0) is 74.2 Å². The van der Waals surface area contributed by atoms with Gasteiger partial charge < -0.3 is 4.90 Å². The fourth-order valence-electron chi connectivity index (χ4n) is 7.85. The number of carbonyl (C=O) groups is 1. The van der Waals surface area contributed by atoms with Crippen LogP contribution in [-0.2, 0) is 4.79 Å². The summed E-state index contributed by atoms with van der Waals surface area (Å²) in [6, 6.07) is 33.4. The quantitative estimate of drug-likeness (QED) is 0.365. The lowest BCUT2D eigenvalue weighted by Gasteiger charge is -2.41. The van der Waals surface area contributed by atoms with Crippen molar-refractivity contribution >= 4 is 5.91 Å². The van der Waals surface area contributed by atoms with Gasteiger partial charge in [0.25, 0.3) is 0 Å². The molecular formula is C35H42N2O. The van der Waals surface area contributed by atoms with E-state index in [0.29, 0.717) is 29.7 Å². The summed E-state index contributed by atoms with van der Waals surface area (Å²) in [5.74, 6) is 1.86. The van der Waals surface area contributed by atoms with Crippen molar-refractivity contribution in [2.75, 3.05) is 19.6 Å². The van der Waals surface area contributed by atoms with Gasteiger partial charge in [-0.2, -0.15) is 0 Å². The SMILES string of the molecule is CC1C(N2CCC(c3ccccc3)CC2)C(c2ccccc2)CN1C(=O)[C@@H]1CCCC[C@@H]1c1ccccc1. The minimum absolute atomic E-state index is 0.104. The van der Waals surface area contributed by atoms with Gasteiger partial charge in [0.15, 0.2) is 0 Å². The molecule has 2 heterocycles. The smallest absolute Gasteiger partial charge is 0.226 e. The first-order chi connectivity index (χ1) is 18.7. The van der Waals surface area contributed by atoms with Crippen LogP contribution in [0.4, 0.5) is 0 Å². The number of nitrogens with zero attached hydrogens (tertiary/aromatic N) is 2. The van der Waals surface area contributed by atoms with Crippen LogP contribution in [0.15, 0.2) is 91.0 Å². The summed E-state index contributed by atoms with van der Waals surface area (Å²) in [4.78, 5) is 19.4. The van der Waals surface area contributed by atoms with Gasteiger partial charge in [-0.25, -0.2) is 0 Å². The molecule has 1 saturated carbocycles. The van der Waals surface area contributed by atoms with Gasteiger partial charge in [0.05, 0.1) is 0 Å². The van der Waals surface area contributed by atoms with E-state index in [-0.39, 0.29) is 12.0 Å². The molecular weight excluding hydrogens is 464 g/mol. The Balaban J connectivity index is 1.24. The monoisotopic (exact) mass is 506 g/mol. The highest BCUT2D eigenvalue weighted by molar-refractivity contribution is 5.81. The van der Waals surface area contributed by atoms with E-state index < -0.39 is 0 Å². The number of hydrogen-bond donors (Lipinski definition) is 0. The zero-order chi connectivity index (χ0) is 25.9. The average molecular weight is 507 g/mol. The summed E-state index contributed by atoms with van der Waals surface area (Å²) in [5, 5.41) is 0. The van der Waals surface area contributed by atoms with Gasteiger partial charge in [-0.1, -0.05) is 104 Å². The van der Waals surface area contributed by atoms with Gasteiger partial charge in [-0.3, -0.25) is 9.69 Å². The number of hydrogen-bond acceptors (Lipinski definition) is 2. The van der Waals surface area contributed by atoms with Crippen LogP contribution >= 0.6 is 0 Å². The first kappa shape index (κ1) is 25.4. The van der Waals surface area contributed by atoms with Crippen LogP contribution in [-0.4, -0.2) is 47.4 Å². The lowest BCUT2D eigenvalue weighted by Crippen LogP contribution is -2.50. The van der Waals surface area contributed by atoms with Crippen molar-refractivity contribution in [3.8, 4) is 0 Å². The second kappa shape index (κ2) is 11.5. The Labute approximate surface area is 228 Å². The summed E-state index contributed by atoms with van der Waals surface area (Å²) >= 11 is 0. The number of carbonyl (C=O) groups excluding carboxylic acids is 1. The lowest BCUT2D eigenvalue weighted by atomic mass is 9.74. The first-order valence-electron chi connectivity index (χ1n) is 14.9. The fraction of sp³-hybridized carbons (Fsp3) is 0.457. The average Bonchev–Trinajstić information content (AvgIpc) is 3.35. The van der Waals surface area contributed by atoms with Crippen molar-refractivity contribution in [3.63, 3.8) is 0 Å². The molecule has 38 heavy (non-hydrogen) atoms. The Kier molecular flexibility index (Phi) is 7.65. The molecule has 3 aromatic carbocycles. The first-order valence-corrected chi connectivity index (χ1v) is 14.9. The molecule has 0 bridgehead atoms. The predicted molar refractivity (Wildman–Crippen MR) is 155 cm³/mol. The van der Waals surface area contributed by atoms with Crippen LogP contribution in [0.1, 0.15) is 79.9 Å². The minimum Gasteiger partial charge on any atom is -0.337 e. The van der Waals surface area contributed by atoms with Crippen molar-refractivity contribution in [2.24, 2.45) is 5.92 Å². The van der Waals surface area contributed by atoms with Gasteiger partial charge in [0.2, 0.25) is 5.91 Å². The van der Waals surface area contributed by atoms with E-state index in [1.165, 1.54) is 42.4 Å². The Bertz CT molecular complexity index is 1170. The number of piperidine rings is 1. The summed E-state index contributed by atoms with van der Waals surface area (Å²) in [5.41, 5.74) is 4.21. The third-order valence-corrected chi connectivity index (χ3v) is 9.84. The maximum absolute atomic E-state index is 14.3. The van der Waals surface area contributed by atoms with Crippen LogP contribution < -0.4 is 0 Å². The standard InChI is InChI=1S/C35H42N2O/c1-26-34(36-23-21-28(22-24-36)27-13-5-2-6-14-27)33(30-17-9-4-10-18-30)25-37(26)35(38)32-20-12-11-19-31(32)29-15-7-3-8-16-29/h2-10,13-18,26,28,31-34H,11-12,19-25H2,1H3/t26?,31-,32-,33?,34?/m1/s1. The van der Waals surface area contributed by atoms with Gasteiger partial charge in [0.1, 0.15) is 0 Å². The largest absolute Gasteiger partial charge is 0.337 e. The predicted octanol–water partition coefficient (Wildman–Crippen LogP) is 7.22. The van der Waals surface area contributed by atoms with Crippen LogP contribution in [0, 0.1) is 5.92 Å². The van der Waals surface area contributed by atoms with Gasteiger partial charge in [0, 0.05) is 30.5 Å². The van der Waals surface area contributed by atoms with Crippen LogP contribution in [0.2, 0.25) is 0 Å². The molecule has 0 N–H and O–H groups in total. The van der Waals surface area contributed by atoms with Crippen LogP contribution in [0.25, 0.3) is 0 Å². The highest BCUT2D eigenvalue weighted by Gasteiger charge is 2.48. The van der Waals surface area contributed by atoms with E-state index in [1.807, 2.05) is 0 Å². The van der Waals surface area contributed by atoms with Crippen LogP contribution in [0.3, 0.4) is 0 Å². The molecule has 2 saturated heterocycles. The van der Waals surface area contributed by atoms with Gasteiger partial charge >= 0.3 is 0 Å². The highest BCUT2D eigenvalue weighted by atomic mass is 16.2. The molecule has 0 radical (unpaired) electrons. The third kappa shape index (κ3) is 5.06. The van der Waals surface area contributed by atoms with E-state index >= 15 is 0 Å². The van der Waals surface area contributed by atoms with Crippen molar-refractivity contribution in [2.45, 2.75) is 75.3 Å². The summed E-state index contributed by atoms with van der Waals surface area (Å²) in [6.45, 7) is 5.38. The van der Waals surface area contributed by atoms with Crippen molar-refractivity contribution in [1.29, 1.82) is 0 Å². The molecule has 0 aromatic heterocycles. The number of rotatable bonds is 5. The maximum Gasteiger partial charge on any atom is 0.226 e. The molecule has 3 aliphatic rings. The van der Waals surface area contributed by atoms with E-state index in [1.54, 1.807) is 0 Å². The molecule has 1 amide bonds. The normalized spacial score (nSPS) is 28.9. The van der Waals surface area contributed by atoms with Gasteiger partial charge in [-0.15, -0.1) is 0 Å². The van der Waals surface area contributed by atoms with Crippen LogP contribution in [0.5, 0.6) is 0 Å². The molecule has 6 rings (SSSR count). The Morgan fingerprint density at radius 3 is 1.79 bits per heavy atom. The molecule has 198 valence electrons. The van der Waals surface area contributed by atoms with E-state index in [4.69, 9.17) is 0 Å². The van der Waals surface area contributed by atoms with Crippen molar-refractivity contribution in [1.82, 2.24) is 9.80 Å². The Morgan fingerprint density at radius 2 is 1.18 bits per heavy atom. The molecule has 2 aliphatic heterocycles. The Morgan fingerprint density at radius 1 is 0.658 bits per heavy atom. The fourth-order valence-corrected chi connectivity index (χ4v) is 7.85. The topological polar surface area (TPSA) is 23.6 Å². The van der Waals surface area contributed by atoms with Crippen molar-refractivity contribution in [3.05, 3.63) is 108 Å². The molecule has 1 aliphatic carbocycles. The number of benzene rings is 3. The maximum atomic E-state index is 14.3. The molecule has 0 spiro atoms. The summed E-state index contributed by atoms with van der Waals surface area (Å²) < 4.78 is 0. The molecule has 3 aromatic rings. The molecule has 3 nitrogen and oxygen atoms in total. The molecule has 3 heteroatoms. The number of likely N-dealkylation sites (tertiary alicyclic amines) is 2. The second-order valence-corrected chi connectivity index (χ2v) is 11.9. The molecule has 3 fully saturated rings. The Hall–Kier alpha value is -2.91. The molecule has 5 atom stereocenters. The number of amides is 1. The second-order valence-electron chi connectivity index (χ2n) is 11.9. The summed E-state index contributed by atoms with van der Waals surface area (Å²) in [6.07, 6.45) is 6.93. The summed E-state index contributed by atoms with van der Waals surface area (Å²) in [7, 11) is 0. The zero-order valence-electron chi connectivity index (χ0n) is 22.8. The van der Waals surface area contributed by atoms with E-state index in [9.17, 15) is 4.79 Å². The highest BCUT2D eigenvalue weighted by Crippen LogP contribution is 2.43. The lowest BCUT2D eigenvalue weighted by molar-refractivity contribution is -0.138. The minimum atomic E-state index is 0.104. The van der Waals surface area contributed by atoms with E-state index in [0.717, 1.165) is 32.5 Å². The molecule has 3 unspecified atom stereocenters. The zero-order valence-corrected chi connectivity index (χ0v) is 22.8. The van der Waals surface area contributed by atoms with E-state index in [2.05, 4.69) is 108 Å². The third-order valence-electron chi connectivity index (χ3n) is 9.84. The van der Waals surface area contributed by atoms with Crippen molar-refractivity contribution < 1.29 is 4.79 Å².